The average Bonchev–Trinajstić information content (AvgIpc) is 3.03. The van der Waals surface area contributed by atoms with E-state index in [0.717, 1.165) is 12.6 Å². The fourth-order valence-corrected chi connectivity index (χ4v) is 3.16. The molecule has 2 fully saturated rings. The van der Waals surface area contributed by atoms with Crippen molar-refractivity contribution < 1.29 is 0 Å². The second-order valence-corrected chi connectivity index (χ2v) is 5.80. The van der Waals surface area contributed by atoms with Gasteiger partial charge in [0.1, 0.15) is 0 Å². The molecule has 0 spiro atoms. The average molecular weight is 271 g/mol. The Balaban J connectivity index is 1.41. The zero-order valence-corrected chi connectivity index (χ0v) is 12.2. The first-order valence-corrected chi connectivity index (χ1v) is 7.80. The number of nitrogens with one attached hydrogen (secondary N) is 1. The summed E-state index contributed by atoms with van der Waals surface area (Å²) in [5.74, 6) is 0. The van der Waals surface area contributed by atoms with Crippen LogP contribution in [0, 0.1) is 0 Å². The molecule has 3 nitrogen and oxygen atoms in total. The highest BCUT2D eigenvalue weighted by Crippen LogP contribution is 2.12. The van der Waals surface area contributed by atoms with Crippen LogP contribution in [-0.4, -0.2) is 61.7 Å². The van der Waals surface area contributed by atoms with E-state index in [1.807, 2.05) is 0 Å². The summed E-state index contributed by atoms with van der Waals surface area (Å²) in [7, 11) is 0. The fourth-order valence-electron chi connectivity index (χ4n) is 3.16. The summed E-state index contributed by atoms with van der Waals surface area (Å²) in [5, 5.41) is 3.47. The van der Waals surface area contributed by atoms with Gasteiger partial charge >= 0.3 is 0 Å². The summed E-state index contributed by atoms with van der Waals surface area (Å²) in [6.45, 7) is 8.33. The Hall–Kier alpha value is -1.16. The molecule has 20 heavy (non-hydrogen) atoms. The normalized spacial score (nSPS) is 25.5. The second-order valence-electron chi connectivity index (χ2n) is 5.80. The molecule has 0 amide bonds. The molecule has 1 unspecified atom stereocenters. The van der Waals surface area contributed by atoms with E-state index >= 15 is 0 Å². The lowest BCUT2D eigenvalue weighted by molar-refractivity contribution is 0.110. The molecule has 2 aliphatic heterocycles. The van der Waals surface area contributed by atoms with Gasteiger partial charge in [-0.1, -0.05) is 42.5 Å². The Morgan fingerprint density at radius 1 is 1.10 bits per heavy atom. The number of benzene rings is 1. The molecule has 2 saturated heterocycles. The van der Waals surface area contributed by atoms with Gasteiger partial charge in [-0.3, -0.25) is 9.80 Å². The van der Waals surface area contributed by atoms with Crippen molar-refractivity contribution in [2.45, 2.75) is 12.5 Å². The zero-order chi connectivity index (χ0) is 13.6. The minimum atomic E-state index is 0.789. The summed E-state index contributed by atoms with van der Waals surface area (Å²) in [4.78, 5) is 5.22. The van der Waals surface area contributed by atoms with Crippen molar-refractivity contribution in [1.29, 1.82) is 0 Å². The van der Waals surface area contributed by atoms with Crippen LogP contribution in [0.1, 0.15) is 12.0 Å². The molecule has 1 N–H and O–H groups in total. The summed E-state index contributed by atoms with van der Waals surface area (Å²) < 4.78 is 0. The van der Waals surface area contributed by atoms with Crippen molar-refractivity contribution in [2.75, 3.05) is 45.8 Å². The van der Waals surface area contributed by atoms with E-state index in [-0.39, 0.29) is 0 Å². The molecule has 0 radical (unpaired) electrons. The van der Waals surface area contributed by atoms with Crippen LogP contribution in [-0.2, 0) is 0 Å². The zero-order valence-electron chi connectivity index (χ0n) is 12.2. The number of piperazine rings is 1. The SMILES string of the molecule is C(=Cc1ccccc1)CN1CCN(C2CCNC2)CC1. The Morgan fingerprint density at radius 2 is 1.90 bits per heavy atom. The van der Waals surface area contributed by atoms with Gasteiger partial charge in [0.25, 0.3) is 0 Å². The molecule has 1 aromatic carbocycles. The quantitative estimate of drug-likeness (QED) is 0.899. The van der Waals surface area contributed by atoms with Crippen LogP contribution in [0.15, 0.2) is 36.4 Å². The lowest BCUT2D eigenvalue weighted by atomic mass is 10.2. The first-order chi connectivity index (χ1) is 9.92. The highest BCUT2D eigenvalue weighted by Gasteiger charge is 2.25. The van der Waals surface area contributed by atoms with E-state index in [1.165, 1.54) is 51.3 Å². The molecule has 3 rings (SSSR count). The van der Waals surface area contributed by atoms with Gasteiger partial charge in [-0.25, -0.2) is 0 Å². The molecule has 108 valence electrons. The molecule has 2 heterocycles. The summed E-state index contributed by atoms with van der Waals surface area (Å²) >= 11 is 0. The minimum absolute atomic E-state index is 0.789. The van der Waals surface area contributed by atoms with Crippen LogP contribution in [0.5, 0.6) is 0 Å². The van der Waals surface area contributed by atoms with E-state index in [2.05, 4.69) is 57.6 Å². The predicted molar refractivity (Wildman–Crippen MR) is 84.8 cm³/mol. The first-order valence-electron chi connectivity index (χ1n) is 7.80. The van der Waals surface area contributed by atoms with Crippen LogP contribution in [0.2, 0.25) is 0 Å². The van der Waals surface area contributed by atoms with Crippen LogP contribution in [0.25, 0.3) is 6.08 Å². The molecular formula is C17H25N3. The third kappa shape index (κ3) is 3.69. The number of nitrogens with zero attached hydrogens (tertiary/aromatic N) is 2. The first kappa shape index (κ1) is 13.8. The van der Waals surface area contributed by atoms with Crippen molar-refractivity contribution in [2.24, 2.45) is 0 Å². The van der Waals surface area contributed by atoms with Gasteiger partial charge in [0.15, 0.2) is 0 Å². The molecule has 2 aliphatic rings. The van der Waals surface area contributed by atoms with Crippen molar-refractivity contribution in [3.8, 4) is 0 Å². The van der Waals surface area contributed by atoms with Gasteiger partial charge in [0, 0.05) is 45.3 Å². The van der Waals surface area contributed by atoms with E-state index < -0.39 is 0 Å². The minimum Gasteiger partial charge on any atom is -0.315 e. The highest BCUT2D eigenvalue weighted by atomic mass is 15.3. The van der Waals surface area contributed by atoms with Gasteiger partial charge in [0.2, 0.25) is 0 Å². The maximum absolute atomic E-state index is 3.47. The van der Waals surface area contributed by atoms with Crippen LogP contribution < -0.4 is 5.32 Å². The predicted octanol–water partition coefficient (Wildman–Crippen LogP) is 1.68. The number of hydrogen-bond donors (Lipinski definition) is 1. The van der Waals surface area contributed by atoms with Crippen LogP contribution in [0.3, 0.4) is 0 Å². The largest absolute Gasteiger partial charge is 0.315 e. The standard InChI is InChI=1S/C17H25N3/c1-2-5-16(6-3-1)7-4-10-19-11-13-20(14-12-19)17-8-9-18-15-17/h1-7,17-18H,8-15H2. The summed E-state index contributed by atoms with van der Waals surface area (Å²) in [6, 6.07) is 11.3. The number of rotatable bonds is 4. The third-order valence-electron chi connectivity index (χ3n) is 4.43. The van der Waals surface area contributed by atoms with Gasteiger partial charge in [0.05, 0.1) is 0 Å². The van der Waals surface area contributed by atoms with Gasteiger partial charge in [-0.2, -0.15) is 0 Å². The fraction of sp³-hybridized carbons (Fsp3) is 0.529. The number of hydrogen-bond acceptors (Lipinski definition) is 3. The van der Waals surface area contributed by atoms with Crippen LogP contribution in [0.4, 0.5) is 0 Å². The lowest BCUT2D eigenvalue weighted by Crippen LogP contribution is -2.50. The van der Waals surface area contributed by atoms with Crippen molar-refractivity contribution in [1.82, 2.24) is 15.1 Å². The van der Waals surface area contributed by atoms with Crippen molar-refractivity contribution >= 4 is 6.08 Å². The highest BCUT2D eigenvalue weighted by molar-refractivity contribution is 5.48. The topological polar surface area (TPSA) is 18.5 Å². The maximum Gasteiger partial charge on any atom is 0.0233 e. The summed E-state index contributed by atoms with van der Waals surface area (Å²) in [6.07, 6.45) is 5.85. The van der Waals surface area contributed by atoms with E-state index in [4.69, 9.17) is 0 Å². The molecule has 1 aromatic rings. The molecule has 0 bridgehead atoms. The Labute approximate surface area is 122 Å². The molecule has 0 saturated carbocycles. The second kappa shape index (κ2) is 7.02. The lowest BCUT2D eigenvalue weighted by Gasteiger charge is -2.37. The Morgan fingerprint density at radius 3 is 2.60 bits per heavy atom. The maximum atomic E-state index is 3.47. The van der Waals surface area contributed by atoms with Crippen molar-refractivity contribution in [3.05, 3.63) is 42.0 Å². The van der Waals surface area contributed by atoms with E-state index in [9.17, 15) is 0 Å². The van der Waals surface area contributed by atoms with Gasteiger partial charge in [-0.15, -0.1) is 0 Å². The third-order valence-corrected chi connectivity index (χ3v) is 4.43. The monoisotopic (exact) mass is 271 g/mol. The molecule has 0 aliphatic carbocycles. The molecule has 0 aromatic heterocycles. The Kier molecular flexibility index (Phi) is 4.85. The van der Waals surface area contributed by atoms with Gasteiger partial charge in [-0.05, 0) is 18.5 Å². The Bertz CT molecular complexity index is 415. The molecule has 3 heteroatoms. The summed E-state index contributed by atoms with van der Waals surface area (Å²) in [5.41, 5.74) is 1.29. The van der Waals surface area contributed by atoms with E-state index in [0.29, 0.717) is 0 Å². The molecular weight excluding hydrogens is 246 g/mol. The van der Waals surface area contributed by atoms with Crippen molar-refractivity contribution in [3.63, 3.8) is 0 Å². The molecule has 1 atom stereocenters. The van der Waals surface area contributed by atoms with Gasteiger partial charge < -0.3 is 5.32 Å². The smallest absolute Gasteiger partial charge is 0.0233 e. The van der Waals surface area contributed by atoms with Crippen LogP contribution >= 0.6 is 0 Å². The van der Waals surface area contributed by atoms with E-state index in [1.54, 1.807) is 0 Å².